The molecule has 0 aliphatic carbocycles. The van der Waals surface area contributed by atoms with Gasteiger partial charge in [-0.15, -0.1) is 11.3 Å². The van der Waals surface area contributed by atoms with Gasteiger partial charge in [0.05, 0.1) is 16.7 Å². The number of hydrogen-bond donors (Lipinski definition) is 0. The number of imidazole rings is 1. The molecule has 0 saturated carbocycles. The lowest BCUT2D eigenvalue weighted by Gasteiger charge is -2.25. The van der Waals surface area contributed by atoms with E-state index in [0.29, 0.717) is 0 Å². The molecule has 3 heteroatoms. The minimum absolute atomic E-state index is 0.0818. The molecule has 9 rings (SSSR count). The zero-order chi connectivity index (χ0) is 31.0. The second-order valence-corrected chi connectivity index (χ2v) is 14.4. The van der Waals surface area contributed by atoms with Gasteiger partial charge in [0.1, 0.15) is 5.82 Å². The van der Waals surface area contributed by atoms with Gasteiger partial charge in [-0.2, -0.15) is 0 Å². The molecule has 9 aromatic rings. The van der Waals surface area contributed by atoms with Crippen LogP contribution in [0.5, 0.6) is 0 Å². The van der Waals surface area contributed by atoms with Crippen molar-refractivity contribution in [3.63, 3.8) is 0 Å². The number of aromatic nitrogens is 2. The molecule has 0 aliphatic heterocycles. The second kappa shape index (κ2) is 10.1. The topological polar surface area (TPSA) is 17.8 Å². The summed E-state index contributed by atoms with van der Waals surface area (Å²) >= 11 is 1.87. The maximum atomic E-state index is 5.28. The fourth-order valence-corrected chi connectivity index (χ4v) is 8.08. The average molecular weight is 609 g/mol. The fourth-order valence-electron chi connectivity index (χ4n) is 6.96. The molecule has 220 valence electrons. The van der Waals surface area contributed by atoms with Crippen LogP contribution in [0.25, 0.3) is 81.0 Å². The number of rotatable bonds is 3. The van der Waals surface area contributed by atoms with Gasteiger partial charge in [-0.3, -0.25) is 4.57 Å². The van der Waals surface area contributed by atoms with Crippen molar-refractivity contribution in [3.05, 3.63) is 145 Å². The highest BCUT2D eigenvalue weighted by molar-refractivity contribution is 7.25. The monoisotopic (exact) mass is 608 g/mol. The molecular weight excluding hydrogens is 577 g/mol. The van der Waals surface area contributed by atoms with E-state index in [4.69, 9.17) is 4.98 Å². The largest absolute Gasteiger partial charge is 0.292 e. The Kier molecular flexibility index (Phi) is 5.97. The third-order valence-electron chi connectivity index (χ3n) is 9.26. The van der Waals surface area contributed by atoms with Crippen LogP contribution in [0.3, 0.4) is 0 Å². The molecule has 2 nitrogen and oxygen atoms in total. The number of benzene rings is 7. The van der Waals surface area contributed by atoms with Crippen LogP contribution in [0.1, 0.15) is 26.3 Å². The van der Waals surface area contributed by atoms with E-state index < -0.39 is 0 Å². The summed E-state index contributed by atoms with van der Waals surface area (Å²) < 4.78 is 4.99. The van der Waals surface area contributed by atoms with Crippen LogP contribution in [0.15, 0.2) is 140 Å². The highest BCUT2D eigenvalue weighted by Crippen LogP contribution is 2.41. The molecule has 0 spiro atoms. The van der Waals surface area contributed by atoms with Crippen LogP contribution in [0.4, 0.5) is 0 Å². The summed E-state index contributed by atoms with van der Waals surface area (Å²) in [6.07, 6.45) is 0. The lowest BCUT2D eigenvalue weighted by atomic mass is 9.84. The minimum Gasteiger partial charge on any atom is -0.292 e. The van der Waals surface area contributed by atoms with E-state index in [1.54, 1.807) is 0 Å². The van der Waals surface area contributed by atoms with Crippen LogP contribution in [0, 0.1) is 0 Å². The zero-order valence-electron chi connectivity index (χ0n) is 26.1. The lowest BCUT2D eigenvalue weighted by molar-refractivity contribution is 0.587. The Morgan fingerprint density at radius 3 is 1.98 bits per heavy atom. The predicted octanol–water partition coefficient (Wildman–Crippen LogP) is 12.3. The Morgan fingerprint density at radius 1 is 0.522 bits per heavy atom. The summed E-state index contributed by atoms with van der Waals surface area (Å²) in [4.78, 5) is 5.28. The van der Waals surface area contributed by atoms with Gasteiger partial charge in [0.25, 0.3) is 0 Å². The molecule has 0 fully saturated rings. The number of para-hydroxylation sites is 2. The van der Waals surface area contributed by atoms with Crippen LogP contribution in [-0.4, -0.2) is 9.55 Å². The molecular formula is C43H32N2S. The molecule has 0 saturated heterocycles. The normalized spacial score (nSPS) is 12.2. The van der Waals surface area contributed by atoms with E-state index >= 15 is 0 Å². The maximum Gasteiger partial charge on any atom is 0.145 e. The van der Waals surface area contributed by atoms with Crippen molar-refractivity contribution in [2.75, 3.05) is 0 Å². The summed E-state index contributed by atoms with van der Waals surface area (Å²) in [6, 6.07) is 51.0. The average Bonchev–Trinajstić information content (AvgIpc) is 3.63. The first-order valence-corrected chi connectivity index (χ1v) is 16.7. The summed E-state index contributed by atoms with van der Waals surface area (Å²) in [5, 5.41) is 7.70. The molecule has 0 N–H and O–H groups in total. The summed E-state index contributed by atoms with van der Waals surface area (Å²) in [7, 11) is 0. The van der Waals surface area contributed by atoms with E-state index in [1.165, 1.54) is 64.1 Å². The van der Waals surface area contributed by atoms with Crippen molar-refractivity contribution in [1.29, 1.82) is 0 Å². The first-order valence-electron chi connectivity index (χ1n) is 15.9. The van der Waals surface area contributed by atoms with E-state index in [1.807, 2.05) is 11.3 Å². The Balaban J connectivity index is 1.27. The van der Waals surface area contributed by atoms with Gasteiger partial charge in [0, 0.05) is 25.7 Å². The van der Waals surface area contributed by atoms with Crippen LogP contribution in [0.2, 0.25) is 0 Å². The van der Waals surface area contributed by atoms with Gasteiger partial charge in [-0.25, -0.2) is 4.98 Å². The van der Waals surface area contributed by atoms with Crippen molar-refractivity contribution in [2.24, 2.45) is 0 Å². The van der Waals surface area contributed by atoms with Gasteiger partial charge in [-0.1, -0.05) is 93.6 Å². The standard InChI is InChI=1S/C43H32N2S/c1-43(2,3)36-25-30(27-11-5-4-6-12-27)17-19-38(36)45-39-16-10-9-15-37(39)44-42(45)31-18-20-40-34(23-31)35-24-32-21-28-13-7-8-14-29(28)22-33(32)26-41(35)46-40/h4-26H,1-3H3. The number of nitrogens with zero attached hydrogens (tertiary/aromatic N) is 2. The highest BCUT2D eigenvalue weighted by Gasteiger charge is 2.24. The Morgan fingerprint density at radius 2 is 1.20 bits per heavy atom. The predicted molar refractivity (Wildman–Crippen MR) is 199 cm³/mol. The van der Waals surface area contributed by atoms with Crippen LogP contribution < -0.4 is 0 Å². The first kappa shape index (κ1) is 27.1. The van der Waals surface area contributed by atoms with Crippen molar-refractivity contribution < 1.29 is 0 Å². The van der Waals surface area contributed by atoms with Gasteiger partial charge in [0.15, 0.2) is 0 Å². The van der Waals surface area contributed by atoms with E-state index in [-0.39, 0.29) is 5.41 Å². The molecule has 7 aromatic carbocycles. The van der Waals surface area contributed by atoms with Crippen LogP contribution in [-0.2, 0) is 5.41 Å². The van der Waals surface area contributed by atoms with E-state index in [0.717, 1.165) is 22.4 Å². The fraction of sp³-hybridized carbons (Fsp3) is 0.0930. The number of hydrogen-bond acceptors (Lipinski definition) is 2. The summed E-state index contributed by atoms with van der Waals surface area (Å²) in [5.41, 5.74) is 8.07. The highest BCUT2D eigenvalue weighted by atomic mass is 32.1. The Hall–Kier alpha value is -5.25. The number of fused-ring (bicyclic) bond motifs is 6. The van der Waals surface area contributed by atoms with E-state index in [2.05, 4.69) is 165 Å². The minimum atomic E-state index is -0.0818. The van der Waals surface area contributed by atoms with Gasteiger partial charge < -0.3 is 0 Å². The van der Waals surface area contributed by atoms with Crippen molar-refractivity contribution in [1.82, 2.24) is 9.55 Å². The second-order valence-electron chi connectivity index (χ2n) is 13.3. The van der Waals surface area contributed by atoms with Gasteiger partial charge in [-0.05, 0) is 110 Å². The molecule has 0 amide bonds. The van der Waals surface area contributed by atoms with Crippen molar-refractivity contribution in [2.45, 2.75) is 26.2 Å². The molecule has 2 heterocycles. The third kappa shape index (κ3) is 4.34. The Bertz CT molecular complexity index is 2620. The third-order valence-corrected chi connectivity index (χ3v) is 10.4. The molecule has 46 heavy (non-hydrogen) atoms. The summed E-state index contributed by atoms with van der Waals surface area (Å²) in [5.74, 6) is 0.965. The first-order chi connectivity index (χ1) is 22.4. The van der Waals surface area contributed by atoms with Gasteiger partial charge >= 0.3 is 0 Å². The quantitative estimate of drug-likeness (QED) is 0.182. The molecule has 0 aliphatic rings. The smallest absolute Gasteiger partial charge is 0.145 e. The molecule has 0 unspecified atom stereocenters. The van der Waals surface area contributed by atoms with E-state index in [9.17, 15) is 0 Å². The molecule has 2 aromatic heterocycles. The maximum absolute atomic E-state index is 5.28. The zero-order valence-corrected chi connectivity index (χ0v) is 26.9. The SMILES string of the molecule is CC(C)(C)c1cc(-c2ccccc2)ccc1-n1c(-c2ccc3sc4cc5cc6ccccc6cc5cc4c3c2)nc2ccccc21. The van der Waals surface area contributed by atoms with Crippen LogP contribution >= 0.6 is 11.3 Å². The lowest BCUT2D eigenvalue weighted by Crippen LogP contribution is -2.16. The molecule has 0 bridgehead atoms. The molecule has 0 radical (unpaired) electrons. The van der Waals surface area contributed by atoms with Crippen molar-refractivity contribution in [3.8, 4) is 28.2 Å². The summed E-state index contributed by atoms with van der Waals surface area (Å²) in [6.45, 7) is 6.91. The number of thiophene rings is 1. The molecule has 0 atom stereocenters. The van der Waals surface area contributed by atoms with Gasteiger partial charge in [0.2, 0.25) is 0 Å². The van der Waals surface area contributed by atoms with Crippen molar-refractivity contribution >= 4 is 64.1 Å². The Labute approximate surface area is 272 Å².